The highest BCUT2D eigenvalue weighted by atomic mass is 35.5. The number of amides is 2. The number of hydrogen-bond donors (Lipinski definition) is 1. The van der Waals surface area contributed by atoms with Crippen molar-refractivity contribution in [3.63, 3.8) is 0 Å². The Labute approximate surface area is 188 Å². The summed E-state index contributed by atoms with van der Waals surface area (Å²) in [5, 5.41) is 3.19. The van der Waals surface area contributed by atoms with Gasteiger partial charge in [-0.15, -0.1) is 0 Å². The molecule has 1 saturated heterocycles. The van der Waals surface area contributed by atoms with Gasteiger partial charge in [0.2, 0.25) is 21.8 Å². The second kappa shape index (κ2) is 9.70. The minimum Gasteiger partial charge on any atom is -0.350 e. The minimum atomic E-state index is -3.70. The molecule has 1 heterocycles. The predicted molar refractivity (Wildman–Crippen MR) is 121 cm³/mol. The smallest absolute Gasteiger partial charge is 0.241 e. The second-order valence-corrected chi connectivity index (χ2v) is 10.0. The summed E-state index contributed by atoms with van der Waals surface area (Å²) in [6.07, 6.45) is 2.49. The van der Waals surface area contributed by atoms with Gasteiger partial charge in [-0.05, 0) is 42.2 Å². The molecule has 9 heteroatoms. The SMILES string of the molecule is Cc1ccc(Cl)cc1N(CC(=O)NCc1ccccc1CN1CCCC1=O)S(C)(=O)=O. The van der Waals surface area contributed by atoms with Crippen LogP contribution < -0.4 is 9.62 Å². The number of anilines is 1. The molecule has 0 bridgehead atoms. The third kappa shape index (κ3) is 5.98. The van der Waals surface area contributed by atoms with E-state index in [0.29, 0.717) is 29.2 Å². The molecule has 31 heavy (non-hydrogen) atoms. The number of nitrogens with one attached hydrogen (secondary N) is 1. The van der Waals surface area contributed by atoms with Crippen LogP contribution in [0, 0.1) is 6.92 Å². The van der Waals surface area contributed by atoms with Crippen molar-refractivity contribution in [1.29, 1.82) is 0 Å². The fourth-order valence-electron chi connectivity index (χ4n) is 3.57. The standard InChI is InChI=1S/C22H26ClN3O4S/c1-16-9-10-19(23)12-20(16)26(31(2,29)30)15-21(27)24-13-17-6-3-4-7-18(17)14-25-11-5-8-22(25)28/h3-4,6-7,9-10,12H,5,8,11,13-15H2,1-2H3,(H,24,27). The average molecular weight is 464 g/mol. The molecule has 1 fully saturated rings. The monoisotopic (exact) mass is 463 g/mol. The fraction of sp³-hybridized carbons (Fsp3) is 0.364. The van der Waals surface area contributed by atoms with E-state index in [2.05, 4.69) is 5.32 Å². The summed E-state index contributed by atoms with van der Waals surface area (Å²) >= 11 is 6.04. The third-order valence-corrected chi connectivity index (χ3v) is 6.62. The number of halogens is 1. The normalized spacial score (nSPS) is 14.0. The Kier molecular flexibility index (Phi) is 7.23. The summed E-state index contributed by atoms with van der Waals surface area (Å²) < 4.78 is 25.8. The summed E-state index contributed by atoms with van der Waals surface area (Å²) in [6.45, 7) is 2.89. The van der Waals surface area contributed by atoms with Crippen molar-refractivity contribution in [1.82, 2.24) is 10.2 Å². The zero-order chi connectivity index (χ0) is 22.6. The lowest BCUT2D eigenvalue weighted by Crippen LogP contribution is -2.40. The van der Waals surface area contributed by atoms with Crippen molar-refractivity contribution in [3.8, 4) is 0 Å². The van der Waals surface area contributed by atoms with Crippen LogP contribution in [0.25, 0.3) is 0 Å². The molecular weight excluding hydrogens is 438 g/mol. The van der Waals surface area contributed by atoms with Gasteiger partial charge in [-0.1, -0.05) is 41.9 Å². The molecule has 2 aromatic carbocycles. The largest absolute Gasteiger partial charge is 0.350 e. The molecule has 166 valence electrons. The molecule has 3 rings (SSSR count). The molecule has 0 atom stereocenters. The minimum absolute atomic E-state index is 0.138. The van der Waals surface area contributed by atoms with Gasteiger partial charge in [0, 0.05) is 31.1 Å². The highest BCUT2D eigenvalue weighted by Gasteiger charge is 2.23. The Hall–Kier alpha value is -2.58. The van der Waals surface area contributed by atoms with Gasteiger partial charge < -0.3 is 10.2 Å². The lowest BCUT2D eigenvalue weighted by molar-refractivity contribution is -0.128. The fourth-order valence-corrected chi connectivity index (χ4v) is 4.65. The summed E-state index contributed by atoms with van der Waals surface area (Å²) in [6, 6.07) is 12.5. The van der Waals surface area contributed by atoms with Gasteiger partial charge >= 0.3 is 0 Å². The first-order chi connectivity index (χ1) is 14.6. The van der Waals surface area contributed by atoms with Gasteiger partial charge in [0.1, 0.15) is 6.54 Å². The second-order valence-electron chi connectivity index (χ2n) is 7.66. The number of aryl methyl sites for hydroxylation is 1. The highest BCUT2D eigenvalue weighted by Crippen LogP contribution is 2.26. The Morgan fingerprint density at radius 2 is 1.90 bits per heavy atom. The van der Waals surface area contributed by atoms with Gasteiger partial charge in [0.15, 0.2) is 0 Å². The van der Waals surface area contributed by atoms with E-state index in [9.17, 15) is 18.0 Å². The lowest BCUT2D eigenvalue weighted by Gasteiger charge is -2.24. The molecule has 1 aliphatic heterocycles. The number of carbonyl (C=O) groups is 2. The quantitative estimate of drug-likeness (QED) is 0.652. The Morgan fingerprint density at radius 1 is 1.19 bits per heavy atom. The Morgan fingerprint density at radius 3 is 2.55 bits per heavy atom. The lowest BCUT2D eigenvalue weighted by atomic mass is 10.1. The molecule has 2 aromatic rings. The van der Waals surface area contributed by atoms with Crippen molar-refractivity contribution >= 4 is 39.1 Å². The van der Waals surface area contributed by atoms with Crippen molar-refractivity contribution < 1.29 is 18.0 Å². The third-order valence-electron chi connectivity index (χ3n) is 5.25. The van der Waals surface area contributed by atoms with E-state index in [0.717, 1.165) is 34.7 Å². The molecule has 0 aliphatic carbocycles. The van der Waals surface area contributed by atoms with Crippen LogP contribution in [0.15, 0.2) is 42.5 Å². The molecule has 1 N–H and O–H groups in total. The average Bonchev–Trinajstić information content (AvgIpc) is 3.11. The molecule has 0 radical (unpaired) electrons. The summed E-state index contributed by atoms with van der Waals surface area (Å²) in [7, 11) is -3.70. The van der Waals surface area contributed by atoms with E-state index in [-0.39, 0.29) is 19.0 Å². The van der Waals surface area contributed by atoms with Crippen LogP contribution >= 0.6 is 11.6 Å². The van der Waals surface area contributed by atoms with Crippen molar-refractivity contribution in [2.45, 2.75) is 32.9 Å². The first kappa shape index (κ1) is 23.1. The molecule has 7 nitrogen and oxygen atoms in total. The van der Waals surface area contributed by atoms with Crippen molar-refractivity contribution in [2.75, 3.05) is 23.7 Å². The zero-order valence-corrected chi connectivity index (χ0v) is 19.2. The summed E-state index contributed by atoms with van der Waals surface area (Å²) in [5.41, 5.74) is 2.92. The van der Waals surface area contributed by atoms with Crippen LogP contribution in [0.1, 0.15) is 29.5 Å². The molecule has 1 aliphatic rings. The first-order valence-corrected chi connectivity index (χ1v) is 12.2. The predicted octanol–water partition coefficient (Wildman–Crippen LogP) is 2.85. The number of rotatable bonds is 8. The molecule has 0 spiro atoms. The van der Waals surface area contributed by atoms with E-state index < -0.39 is 15.9 Å². The molecule has 0 unspecified atom stereocenters. The van der Waals surface area contributed by atoms with E-state index >= 15 is 0 Å². The van der Waals surface area contributed by atoms with Crippen LogP contribution in [0.3, 0.4) is 0 Å². The summed E-state index contributed by atoms with van der Waals surface area (Å²) in [5.74, 6) is -0.295. The molecule has 0 saturated carbocycles. The van der Waals surface area contributed by atoms with Crippen LogP contribution in [-0.2, 0) is 32.7 Å². The van der Waals surface area contributed by atoms with Gasteiger partial charge in [0.25, 0.3) is 0 Å². The van der Waals surface area contributed by atoms with Crippen LogP contribution in [-0.4, -0.2) is 44.5 Å². The number of benzene rings is 2. The number of nitrogens with zero attached hydrogens (tertiary/aromatic N) is 2. The van der Waals surface area contributed by atoms with E-state index in [1.165, 1.54) is 6.07 Å². The zero-order valence-electron chi connectivity index (χ0n) is 17.6. The van der Waals surface area contributed by atoms with Gasteiger partial charge in [-0.2, -0.15) is 0 Å². The molecule has 2 amide bonds. The number of carbonyl (C=O) groups excluding carboxylic acids is 2. The van der Waals surface area contributed by atoms with Crippen LogP contribution in [0.4, 0.5) is 5.69 Å². The summed E-state index contributed by atoms with van der Waals surface area (Å²) in [4.78, 5) is 26.4. The van der Waals surface area contributed by atoms with Gasteiger partial charge in [-0.3, -0.25) is 13.9 Å². The van der Waals surface area contributed by atoms with Crippen LogP contribution in [0.5, 0.6) is 0 Å². The maximum absolute atomic E-state index is 12.6. The Bertz CT molecular complexity index is 1090. The molecule has 0 aromatic heterocycles. The van der Waals surface area contributed by atoms with E-state index in [1.54, 1.807) is 19.1 Å². The highest BCUT2D eigenvalue weighted by molar-refractivity contribution is 7.92. The van der Waals surface area contributed by atoms with Gasteiger partial charge in [0.05, 0.1) is 11.9 Å². The number of hydrogen-bond acceptors (Lipinski definition) is 4. The van der Waals surface area contributed by atoms with Crippen molar-refractivity contribution in [3.05, 3.63) is 64.2 Å². The van der Waals surface area contributed by atoms with Crippen molar-refractivity contribution in [2.24, 2.45) is 0 Å². The van der Waals surface area contributed by atoms with E-state index in [4.69, 9.17) is 11.6 Å². The van der Waals surface area contributed by atoms with E-state index in [1.807, 2.05) is 29.2 Å². The number of sulfonamides is 1. The molecular formula is C22H26ClN3O4S. The van der Waals surface area contributed by atoms with Gasteiger partial charge in [-0.25, -0.2) is 8.42 Å². The topological polar surface area (TPSA) is 86.8 Å². The maximum Gasteiger partial charge on any atom is 0.241 e. The first-order valence-electron chi connectivity index (χ1n) is 10.0. The van der Waals surface area contributed by atoms with Crippen LogP contribution in [0.2, 0.25) is 5.02 Å². The maximum atomic E-state index is 12.6. The Balaban J connectivity index is 1.70. The number of likely N-dealkylation sites (tertiary alicyclic amines) is 1.